The number of nitrogens with one attached hydrogen (secondary N) is 1. The molecule has 0 unspecified atom stereocenters. The maximum absolute atomic E-state index is 12.2. The van der Waals surface area contributed by atoms with Crippen molar-refractivity contribution in [2.45, 2.75) is 33.1 Å². The maximum Gasteiger partial charge on any atom is 0.240 e. The first-order valence-electron chi connectivity index (χ1n) is 8.60. The second-order valence-electron chi connectivity index (χ2n) is 6.62. The Morgan fingerprint density at radius 1 is 1.25 bits per heavy atom. The van der Waals surface area contributed by atoms with Gasteiger partial charge in [-0.05, 0) is 57.7 Å². The Bertz CT molecular complexity index is 656. The molecule has 0 radical (unpaired) electrons. The van der Waals surface area contributed by atoms with Crippen LogP contribution < -0.4 is 5.32 Å². The Morgan fingerprint density at radius 2 is 1.96 bits per heavy atom. The van der Waals surface area contributed by atoms with Crippen LogP contribution in [-0.4, -0.2) is 35.4 Å². The number of aromatic nitrogens is 1. The summed E-state index contributed by atoms with van der Waals surface area (Å²) in [5.74, 6) is 0.779. The van der Waals surface area contributed by atoms with Crippen molar-refractivity contribution in [2.75, 3.05) is 25.0 Å². The van der Waals surface area contributed by atoms with Crippen molar-refractivity contribution in [3.63, 3.8) is 0 Å². The molecule has 1 N–H and O–H groups in total. The van der Waals surface area contributed by atoms with Gasteiger partial charge in [0.25, 0.3) is 0 Å². The summed E-state index contributed by atoms with van der Waals surface area (Å²) in [7, 11) is 0. The summed E-state index contributed by atoms with van der Waals surface area (Å²) < 4.78 is 0. The SMILES string of the molecule is Cc1nc(NC(=O)CN2CCC(Cc3ccccc3)CC2)sc1C. The molecule has 128 valence electrons. The van der Waals surface area contributed by atoms with E-state index in [-0.39, 0.29) is 5.91 Å². The zero-order valence-corrected chi connectivity index (χ0v) is 15.2. The van der Waals surface area contributed by atoms with Gasteiger partial charge >= 0.3 is 0 Å². The van der Waals surface area contributed by atoms with Gasteiger partial charge in [0.1, 0.15) is 0 Å². The van der Waals surface area contributed by atoms with Crippen LogP contribution in [-0.2, 0) is 11.2 Å². The van der Waals surface area contributed by atoms with E-state index in [1.807, 2.05) is 13.8 Å². The van der Waals surface area contributed by atoms with Crippen LogP contribution >= 0.6 is 11.3 Å². The third-order valence-electron chi connectivity index (χ3n) is 4.72. The molecule has 24 heavy (non-hydrogen) atoms. The first kappa shape index (κ1) is 17.1. The number of carbonyl (C=O) groups excluding carboxylic acids is 1. The van der Waals surface area contributed by atoms with E-state index < -0.39 is 0 Å². The van der Waals surface area contributed by atoms with Crippen LogP contribution in [0.15, 0.2) is 30.3 Å². The number of hydrogen-bond donors (Lipinski definition) is 1. The van der Waals surface area contributed by atoms with Gasteiger partial charge in [-0.2, -0.15) is 0 Å². The summed E-state index contributed by atoms with van der Waals surface area (Å²) in [5, 5.41) is 3.65. The highest BCUT2D eigenvalue weighted by Gasteiger charge is 2.21. The number of piperidine rings is 1. The lowest BCUT2D eigenvalue weighted by atomic mass is 9.90. The van der Waals surface area contributed by atoms with Crippen LogP contribution in [0, 0.1) is 19.8 Å². The standard InChI is InChI=1S/C19H25N3OS/c1-14-15(2)24-19(20-14)21-18(23)13-22-10-8-17(9-11-22)12-16-6-4-3-5-7-16/h3-7,17H,8-13H2,1-2H3,(H,20,21,23). The molecule has 1 aliphatic heterocycles. The van der Waals surface area contributed by atoms with Crippen LogP contribution in [0.25, 0.3) is 0 Å². The third-order valence-corrected chi connectivity index (χ3v) is 5.70. The van der Waals surface area contributed by atoms with Gasteiger partial charge in [0.15, 0.2) is 5.13 Å². The number of amides is 1. The lowest BCUT2D eigenvalue weighted by molar-refractivity contribution is -0.117. The van der Waals surface area contributed by atoms with Crippen molar-refractivity contribution in [1.29, 1.82) is 0 Å². The number of likely N-dealkylation sites (tertiary alicyclic amines) is 1. The van der Waals surface area contributed by atoms with Crippen LogP contribution in [0.4, 0.5) is 5.13 Å². The van der Waals surface area contributed by atoms with Crippen molar-refractivity contribution >= 4 is 22.4 Å². The molecule has 1 saturated heterocycles. The minimum atomic E-state index is 0.0465. The fourth-order valence-corrected chi connectivity index (χ4v) is 4.01. The molecular formula is C19H25N3OS. The van der Waals surface area contributed by atoms with Crippen LogP contribution in [0.1, 0.15) is 29.0 Å². The zero-order chi connectivity index (χ0) is 16.9. The number of thiazole rings is 1. The molecule has 1 aromatic heterocycles. The molecule has 2 aromatic rings. The minimum Gasteiger partial charge on any atom is -0.301 e. The van der Waals surface area contributed by atoms with Crippen molar-refractivity contribution in [2.24, 2.45) is 5.92 Å². The Balaban J connectivity index is 1.42. The number of benzene rings is 1. The summed E-state index contributed by atoms with van der Waals surface area (Å²) in [6.45, 7) is 6.47. The molecule has 3 rings (SSSR count). The molecular weight excluding hydrogens is 318 g/mol. The highest BCUT2D eigenvalue weighted by molar-refractivity contribution is 7.15. The molecule has 5 heteroatoms. The third kappa shape index (κ3) is 4.65. The number of nitrogens with zero attached hydrogens (tertiary/aromatic N) is 2. The molecule has 0 atom stereocenters. The van der Waals surface area contributed by atoms with Crippen molar-refractivity contribution in [3.05, 3.63) is 46.5 Å². The van der Waals surface area contributed by atoms with E-state index >= 15 is 0 Å². The van der Waals surface area contributed by atoms with Crippen molar-refractivity contribution in [3.8, 4) is 0 Å². The smallest absolute Gasteiger partial charge is 0.240 e. The molecule has 2 heterocycles. The average Bonchev–Trinajstić information content (AvgIpc) is 2.88. The molecule has 1 aromatic carbocycles. The lowest BCUT2D eigenvalue weighted by Gasteiger charge is -2.31. The van der Waals surface area contributed by atoms with E-state index in [1.54, 1.807) is 11.3 Å². The minimum absolute atomic E-state index is 0.0465. The summed E-state index contributed by atoms with van der Waals surface area (Å²) in [6.07, 6.45) is 3.48. The molecule has 1 aliphatic rings. The molecule has 0 aliphatic carbocycles. The maximum atomic E-state index is 12.2. The first-order valence-corrected chi connectivity index (χ1v) is 9.42. The van der Waals surface area contributed by atoms with E-state index in [2.05, 4.69) is 45.5 Å². The predicted octanol–water partition coefficient (Wildman–Crippen LogP) is 3.65. The van der Waals surface area contributed by atoms with Gasteiger partial charge in [-0.3, -0.25) is 9.69 Å². The number of carbonyl (C=O) groups is 1. The molecule has 0 spiro atoms. The van der Waals surface area contributed by atoms with Gasteiger partial charge in [0.05, 0.1) is 12.2 Å². The topological polar surface area (TPSA) is 45.2 Å². The quantitative estimate of drug-likeness (QED) is 0.901. The Labute approximate surface area is 147 Å². The molecule has 0 bridgehead atoms. The van der Waals surface area contributed by atoms with E-state index in [0.717, 1.165) is 48.8 Å². The van der Waals surface area contributed by atoms with Gasteiger partial charge in [0.2, 0.25) is 5.91 Å². The summed E-state index contributed by atoms with van der Waals surface area (Å²) in [4.78, 5) is 20.0. The van der Waals surface area contributed by atoms with Gasteiger partial charge in [-0.25, -0.2) is 4.98 Å². The normalized spacial score (nSPS) is 16.2. The molecule has 1 amide bonds. The monoisotopic (exact) mass is 343 g/mol. The highest BCUT2D eigenvalue weighted by Crippen LogP contribution is 2.23. The number of rotatable bonds is 5. The zero-order valence-electron chi connectivity index (χ0n) is 14.4. The summed E-state index contributed by atoms with van der Waals surface area (Å²) in [6, 6.07) is 10.7. The van der Waals surface area contributed by atoms with E-state index in [4.69, 9.17) is 0 Å². The van der Waals surface area contributed by atoms with Gasteiger partial charge in [-0.1, -0.05) is 30.3 Å². The fraction of sp³-hybridized carbons (Fsp3) is 0.474. The first-order chi connectivity index (χ1) is 11.6. The van der Waals surface area contributed by atoms with Crippen LogP contribution in [0.2, 0.25) is 0 Å². The van der Waals surface area contributed by atoms with Gasteiger partial charge < -0.3 is 5.32 Å². The molecule has 1 fully saturated rings. The average molecular weight is 343 g/mol. The number of aryl methyl sites for hydroxylation is 2. The number of anilines is 1. The van der Waals surface area contributed by atoms with E-state index in [1.165, 1.54) is 5.56 Å². The largest absolute Gasteiger partial charge is 0.301 e. The van der Waals surface area contributed by atoms with Crippen molar-refractivity contribution in [1.82, 2.24) is 9.88 Å². The fourth-order valence-electron chi connectivity index (χ4n) is 3.18. The van der Waals surface area contributed by atoms with Crippen molar-refractivity contribution < 1.29 is 4.79 Å². The van der Waals surface area contributed by atoms with E-state index in [0.29, 0.717) is 11.7 Å². The highest BCUT2D eigenvalue weighted by atomic mass is 32.1. The Hall–Kier alpha value is -1.72. The van der Waals surface area contributed by atoms with Crippen LogP contribution in [0.5, 0.6) is 0 Å². The van der Waals surface area contributed by atoms with E-state index in [9.17, 15) is 4.79 Å². The predicted molar refractivity (Wildman–Crippen MR) is 99.5 cm³/mol. The van der Waals surface area contributed by atoms with Gasteiger partial charge in [-0.15, -0.1) is 11.3 Å². The van der Waals surface area contributed by atoms with Crippen LogP contribution in [0.3, 0.4) is 0 Å². The number of hydrogen-bond acceptors (Lipinski definition) is 4. The Kier molecular flexibility index (Phi) is 5.63. The Morgan fingerprint density at radius 3 is 2.58 bits per heavy atom. The summed E-state index contributed by atoms with van der Waals surface area (Å²) in [5.41, 5.74) is 2.42. The molecule has 0 saturated carbocycles. The lowest BCUT2D eigenvalue weighted by Crippen LogP contribution is -2.39. The second kappa shape index (κ2) is 7.90. The second-order valence-corrected chi connectivity index (χ2v) is 7.82. The van der Waals surface area contributed by atoms with Gasteiger partial charge in [0, 0.05) is 4.88 Å². The summed E-state index contributed by atoms with van der Waals surface area (Å²) >= 11 is 1.54. The molecule has 4 nitrogen and oxygen atoms in total.